The minimum absolute atomic E-state index is 0.0159. The highest BCUT2D eigenvalue weighted by Gasteiger charge is 2.52. The zero-order valence-electron chi connectivity index (χ0n) is 19.5. The van der Waals surface area contributed by atoms with E-state index in [1.165, 1.54) is 0 Å². The van der Waals surface area contributed by atoms with Crippen LogP contribution < -0.4 is 35.2 Å². The lowest BCUT2D eigenvalue weighted by atomic mass is 10.2. The maximum Gasteiger partial charge on any atom is 0.258 e. The summed E-state index contributed by atoms with van der Waals surface area (Å²) >= 11 is 19.2. The van der Waals surface area contributed by atoms with Crippen molar-refractivity contribution in [3.05, 3.63) is 136 Å². The molecule has 0 aliphatic rings. The smallest absolute Gasteiger partial charge is 0.258 e. The molecule has 2 N–H and O–H groups in total. The highest BCUT2D eigenvalue weighted by Crippen LogP contribution is 2.63. The van der Waals surface area contributed by atoms with Crippen molar-refractivity contribution in [2.24, 2.45) is 0 Å². The Kier molecular flexibility index (Phi) is 10.7. The van der Waals surface area contributed by atoms with Crippen LogP contribution in [0.1, 0.15) is 10.4 Å². The molecular formula is C27H21Cl4NO5P+. The Morgan fingerprint density at radius 2 is 1.03 bits per heavy atom. The molecule has 1 amide bonds. The molecule has 4 rings (SSSR count). The van der Waals surface area contributed by atoms with Gasteiger partial charge in [0.2, 0.25) is 5.44 Å². The number of rotatable bonds is 6. The van der Waals surface area contributed by atoms with Crippen LogP contribution >= 0.6 is 42.1 Å². The van der Waals surface area contributed by atoms with Gasteiger partial charge in [0.05, 0.1) is 14.9 Å². The third kappa shape index (κ3) is 7.78. The van der Waals surface area contributed by atoms with Gasteiger partial charge in [-0.25, -0.2) is 0 Å². The van der Waals surface area contributed by atoms with Crippen LogP contribution in [-0.4, -0.2) is 10.6 Å². The van der Waals surface area contributed by atoms with Crippen LogP contribution in [0.3, 0.4) is 0 Å². The Hall–Kier alpha value is -2.48. The average Bonchev–Trinajstić information content (AvgIpc) is 2.90. The molecule has 0 aromatic heterocycles. The molecule has 0 spiro atoms. The largest absolute Gasteiger partial charge is 0.290 e. The van der Waals surface area contributed by atoms with E-state index in [-0.39, 0.29) is 10.4 Å². The Labute approximate surface area is 237 Å². The Bertz CT molecular complexity index is 1260. The molecule has 0 heterocycles. The highest BCUT2D eigenvalue weighted by molar-refractivity contribution is 7.99. The Balaban J connectivity index is 0.000000732. The zero-order valence-corrected chi connectivity index (χ0v) is 23.4. The fourth-order valence-electron chi connectivity index (χ4n) is 3.83. The normalized spacial score (nSPS) is 11.1. The standard InChI is InChI=1S/C27H19Cl3NOP.ClHO4/c28-21-18-16-20(17-19-21)26(32)31-27(25(29)30)33(22-10-4-1-5-11-22,23-12-6-2-7-13-23)24-14-8-3-9-15-24;2-1(3,4)5/h1-19H;(H,2,3,4,5)/p+1. The van der Waals surface area contributed by atoms with Gasteiger partial charge in [0, 0.05) is 10.6 Å². The molecule has 6 nitrogen and oxygen atoms in total. The number of hydrogen-bond donors (Lipinski definition) is 2. The van der Waals surface area contributed by atoms with E-state index < -0.39 is 17.5 Å². The molecule has 0 radical (unpaired) electrons. The second-order valence-corrected chi connectivity index (χ2v) is 13.2. The number of nitrogens with one attached hydrogen (secondary N) is 1. The van der Waals surface area contributed by atoms with Crippen LogP contribution in [-0.2, 0) is 0 Å². The molecular weight excluding hydrogens is 591 g/mol. The number of carbonyl (C=O) groups excluding carboxylic acids is 1. The van der Waals surface area contributed by atoms with E-state index in [2.05, 4.69) is 41.7 Å². The quantitative estimate of drug-likeness (QED) is 0.325. The molecule has 196 valence electrons. The molecule has 0 aliphatic carbocycles. The van der Waals surface area contributed by atoms with Crippen molar-refractivity contribution in [1.29, 1.82) is 0 Å². The Morgan fingerprint density at radius 3 is 1.34 bits per heavy atom. The molecule has 0 unspecified atom stereocenters. The first-order chi connectivity index (χ1) is 18.0. The van der Waals surface area contributed by atoms with Gasteiger partial charge >= 0.3 is 0 Å². The first kappa shape index (κ1) is 30.1. The summed E-state index contributed by atoms with van der Waals surface area (Å²) < 4.78 is 32.7. The number of carbonyl (C=O) groups is 1. The lowest BCUT2D eigenvalue weighted by Crippen LogP contribution is -2.58. The van der Waals surface area contributed by atoms with E-state index in [0.29, 0.717) is 16.0 Å². The minimum Gasteiger partial charge on any atom is -0.290 e. The van der Waals surface area contributed by atoms with Crippen LogP contribution in [0.5, 0.6) is 0 Å². The van der Waals surface area contributed by atoms with Gasteiger partial charge in [-0.15, -0.1) is 0 Å². The summed E-state index contributed by atoms with van der Waals surface area (Å²) in [7, 11) is -7.34. The van der Waals surface area contributed by atoms with E-state index in [1.807, 2.05) is 54.6 Å². The topological polar surface area (TPSA) is 119 Å². The van der Waals surface area contributed by atoms with Crippen molar-refractivity contribution in [2.75, 3.05) is 0 Å². The first-order valence-electron chi connectivity index (χ1n) is 10.9. The molecule has 0 aliphatic heterocycles. The summed E-state index contributed by atoms with van der Waals surface area (Å²) in [6.45, 7) is 0. The maximum absolute atomic E-state index is 13.3. The van der Waals surface area contributed by atoms with Crippen LogP contribution in [0.4, 0.5) is 0 Å². The second kappa shape index (κ2) is 13.5. The van der Waals surface area contributed by atoms with E-state index in [1.54, 1.807) is 24.3 Å². The molecule has 0 fully saturated rings. The van der Waals surface area contributed by atoms with Gasteiger partial charge < -0.3 is 0 Å². The van der Waals surface area contributed by atoms with Crippen LogP contribution in [0.15, 0.2) is 125 Å². The molecule has 0 saturated heterocycles. The van der Waals surface area contributed by atoms with Gasteiger partial charge in [-0.05, 0) is 60.7 Å². The lowest BCUT2D eigenvalue weighted by Gasteiger charge is -2.29. The predicted molar refractivity (Wildman–Crippen MR) is 145 cm³/mol. The van der Waals surface area contributed by atoms with Gasteiger partial charge in [-0.3, -0.25) is 10.1 Å². The summed E-state index contributed by atoms with van der Waals surface area (Å²) in [4.78, 5) is 13.3. The van der Waals surface area contributed by atoms with Crippen molar-refractivity contribution in [3.63, 3.8) is 0 Å². The van der Waals surface area contributed by atoms with Crippen molar-refractivity contribution in [3.8, 4) is 0 Å². The minimum atomic E-state index is -4.69. The molecule has 4 aromatic rings. The lowest BCUT2D eigenvalue weighted by molar-refractivity contribution is -1.92. The summed E-state index contributed by atoms with van der Waals surface area (Å²) in [5.41, 5.74) is 0.938. The molecule has 4 aromatic carbocycles. The van der Waals surface area contributed by atoms with Crippen LogP contribution in [0, 0.1) is 10.2 Å². The third-order valence-electron chi connectivity index (χ3n) is 5.28. The fraction of sp³-hybridized carbons (Fsp3) is 0. The summed E-state index contributed by atoms with van der Waals surface area (Å²) in [5, 5.41) is 6.69. The average molecular weight is 612 g/mol. The first-order valence-corrected chi connectivity index (χ1v) is 15.0. The summed E-state index contributed by atoms with van der Waals surface area (Å²) in [5.74, 6) is -0.312. The van der Waals surface area contributed by atoms with Gasteiger partial charge in [0.25, 0.3) is 5.91 Å². The zero-order chi connectivity index (χ0) is 27.8. The van der Waals surface area contributed by atoms with Crippen LogP contribution in [0.2, 0.25) is 5.02 Å². The number of halogens is 4. The highest BCUT2D eigenvalue weighted by atomic mass is 35.7. The number of hydrogen-bond acceptors (Lipinski definition) is 5. The fourth-order valence-corrected chi connectivity index (χ4v) is 8.86. The van der Waals surface area contributed by atoms with E-state index in [9.17, 15) is 4.79 Å². The molecule has 0 saturated carbocycles. The number of amides is 1. The van der Waals surface area contributed by atoms with Crippen molar-refractivity contribution in [2.45, 2.75) is 0 Å². The predicted octanol–water partition coefficient (Wildman–Crippen LogP) is 2.54. The van der Waals surface area contributed by atoms with Gasteiger partial charge in [0.1, 0.15) is 15.9 Å². The molecule has 0 bridgehead atoms. The molecule has 11 heteroatoms. The van der Waals surface area contributed by atoms with E-state index in [4.69, 9.17) is 53.4 Å². The van der Waals surface area contributed by atoms with Gasteiger partial charge in [0.15, 0.2) is 11.8 Å². The molecule has 0 atom stereocenters. The maximum atomic E-state index is 13.3. The van der Waals surface area contributed by atoms with Crippen LogP contribution in [0.25, 0.3) is 0 Å². The van der Waals surface area contributed by atoms with Gasteiger partial charge in [-0.1, -0.05) is 89.4 Å². The van der Waals surface area contributed by atoms with E-state index >= 15 is 0 Å². The van der Waals surface area contributed by atoms with Crippen molar-refractivity contribution in [1.82, 2.24) is 5.32 Å². The summed E-state index contributed by atoms with van der Waals surface area (Å²) in [6, 6.07) is 36.8. The molecule has 38 heavy (non-hydrogen) atoms. The third-order valence-corrected chi connectivity index (χ3v) is 10.4. The van der Waals surface area contributed by atoms with E-state index in [0.717, 1.165) is 15.9 Å². The van der Waals surface area contributed by atoms with Crippen molar-refractivity contribution >= 4 is 63.9 Å². The van der Waals surface area contributed by atoms with Crippen molar-refractivity contribution < 1.29 is 33.7 Å². The Morgan fingerprint density at radius 1 is 0.684 bits per heavy atom. The van der Waals surface area contributed by atoms with Gasteiger partial charge in [-0.2, -0.15) is 14.0 Å². The summed E-state index contributed by atoms with van der Waals surface area (Å²) in [6.07, 6.45) is 0. The second-order valence-electron chi connectivity index (χ2n) is 7.64. The number of benzene rings is 4. The SMILES string of the molecule is O=C(NC(=C(Cl)Cl)[P+](c1ccccc1)(c1ccccc1)c1ccccc1)c1ccc(Cl)cc1.[O-][Cl+3]([O-])([O-])O. The monoisotopic (exact) mass is 610 g/mol.